The smallest absolute Gasteiger partial charge is 0.408 e. The van der Waals surface area contributed by atoms with Crippen molar-refractivity contribution < 1.29 is 19.1 Å². The van der Waals surface area contributed by atoms with Gasteiger partial charge in [-0.1, -0.05) is 86.7 Å². The first kappa shape index (κ1) is 32.6. The highest BCUT2D eigenvalue weighted by molar-refractivity contribution is 6.00. The number of aryl methyl sites for hydroxylation is 2. The standard InChI is InChI=1S/C35H47N3O4/c1-8-9-10-11-14-21-38(33(40)26(4)36-34(41)42-35(5,6)7)31(30-20-17-24(2)22-25(30)3)32(39)37-29-19-18-27-15-12-13-16-28(27)23-29/h12-13,15-20,22-23,26,31H,8-11,14,21H2,1-7H3,(H,36,41)(H,37,39). The highest BCUT2D eigenvalue weighted by atomic mass is 16.6. The Morgan fingerprint density at radius 3 is 2.24 bits per heavy atom. The lowest BCUT2D eigenvalue weighted by Crippen LogP contribution is -2.51. The van der Waals surface area contributed by atoms with Crippen molar-refractivity contribution in [1.82, 2.24) is 10.2 Å². The second kappa shape index (κ2) is 14.9. The second-order valence-electron chi connectivity index (χ2n) is 12.1. The molecule has 0 fully saturated rings. The summed E-state index contributed by atoms with van der Waals surface area (Å²) in [6, 6.07) is 17.9. The van der Waals surface area contributed by atoms with Gasteiger partial charge < -0.3 is 20.3 Å². The molecule has 3 amide bonds. The summed E-state index contributed by atoms with van der Waals surface area (Å²) < 4.78 is 5.40. The quantitative estimate of drug-likeness (QED) is 0.216. The van der Waals surface area contributed by atoms with Crippen LogP contribution in [0, 0.1) is 13.8 Å². The van der Waals surface area contributed by atoms with E-state index in [9.17, 15) is 14.4 Å². The molecule has 7 nitrogen and oxygen atoms in total. The molecule has 2 unspecified atom stereocenters. The number of benzene rings is 3. The van der Waals surface area contributed by atoms with Gasteiger partial charge in [-0.3, -0.25) is 9.59 Å². The number of carbonyl (C=O) groups excluding carboxylic acids is 3. The van der Waals surface area contributed by atoms with Gasteiger partial charge in [-0.25, -0.2) is 4.79 Å². The first-order valence-electron chi connectivity index (χ1n) is 15.1. The molecule has 0 radical (unpaired) electrons. The molecule has 0 aromatic heterocycles. The van der Waals surface area contributed by atoms with Crippen LogP contribution in [0.1, 0.15) is 89.5 Å². The molecule has 0 aliphatic rings. The van der Waals surface area contributed by atoms with Crippen LogP contribution in [0.4, 0.5) is 10.5 Å². The zero-order valence-corrected chi connectivity index (χ0v) is 26.3. The Hall–Kier alpha value is -3.87. The molecule has 2 atom stereocenters. The van der Waals surface area contributed by atoms with Gasteiger partial charge in [0.25, 0.3) is 5.91 Å². The molecule has 2 N–H and O–H groups in total. The van der Waals surface area contributed by atoms with E-state index in [4.69, 9.17) is 4.74 Å². The summed E-state index contributed by atoms with van der Waals surface area (Å²) in [5.74, 6) is -0.640. The van der Waals surface area contributed by atoms with Crippen LogP contribution in [-0.2, 0) is 14.3 Å². The maximum atomic E-state index is 14.2. The first-order valence-corrected chi connectivity index (χ1v) is 15.1. The lowest BCUT2D eigenvalue weighted by atomic mass is 9.96. The Kier molecular flexibility index (Phi) is 11.5. The van der Waals surface area contributed by atoms with Crippen LogP contribution in [0.3, 0.4) is 0 Å². The Bertz CT molecular complexity index is 1380. The fourth-order valence-corrected chi connectivity index (χ4v) is 5.11. The lowest BCUT2D eigenvalue weighted by molar-refractivity contribution is -0.140. The maximum absolute atomic E-state index is 14.2. The van der Waals surface area contributed by atoms with E-state index in [1.165, 1.54) is 0 Å². The minimum atomic E-state index is -0.891. The molecule has 0 bridgehead atoms. The predicted octanol–water partition coefficient (Wildman–Crippen LogP) is 7.85. The van der Waals surface area contributed by atoms with E-state index >= 15 is 0 Å². The topological polar surface area (TPSA) is 87.7 Å². The average Bonchev–Trinajstić information content (AvgIpc) is 2.91. The van der Waals surface area contributed by atoms with Crippen LogP contribution >= 0.6 is 0 Å². The molecule has 0 saturated carbocycles. The number of hydrogen-bond acceptors (Lipinski definition) is 4. The summed E-state index contributed by atoms with van der Waals surface area (Å²) in [7, 11) is 0. The van der Waals surface area contributed by atoms with Crippen LogP contribution in [0.2, 0.25) is 0 Å². The predicted molar refractivity (Wildman–Crippen MR) is 171 cm³/mol. The fourth-order valence-electron chi connectivity index (χ4n) is 5.11. The minimum absolute atomic E-state index is 0.302. The van der Waals surface area contributed by atoms with Crippen LogP contribution in [0.5, 0.6) is 0 Å². The van der Waals surface area contributed by atoms with Crippen molar-refractivity contribution in [3.8, 4) is 0 Å². The Morgan fingerprint density at radius 2 is 1.57 bits per heavy atom. The van der Waals surface area contributed by atoms with E-state index in [0.717, 1.165) is 59.6 Å². The number of carbonyl (C=O) groups is 3. The average molecular weight is 574 g/mol. The first-order chi connectivity index (χ1) is 19.9. The van der Waals surface area contributed by atoms with Gasteiger partial charge in [0.1, 0.15) is 17.7 Å². The van der Waals surface area contributed by atoms with Crippen molar-refractivity contribution in [3.63, 3.8) is 0 Å². The molecule has 0 aliphatic carbocycles. The third kappa shape index (κ3) is 9.33. The summed E-state index contributed by atoms with van der Waals surface area (Å²) in [4.78, 5) is 42.4. The Morgan fingerprint density at radius 1 is 0.881 bits per heavy atom. The van der Waals surface area contributed by atoms with Crippen molar-refractivity contribution in [2.75, 3.05) is 11.9 Å². The number of fused-ring (bicyclic) bond motifs is 1. The largest absolute Gasteiger partial charge is 0.444 e. The lowest BCUT2D eigenvalue weighted by Gasteiger charge is -2.34. The molecular weight excluding hydrogens is 526 g/mol. The summed E-state index contributed by atoms with van der Waals surface area (Å²) in [6.45, 7) is 13.5. The van der Waals surface area contributed by atoms with Crippen molar-refractivity contribution in [3.05, 3.63) is 77.4 Å². The number of amides is 3. The number of unbranched alkanes of at least 4 members (excludes halogenated alkanes) is 4. The number of ether oxygens (including phenoxy) is 1. The van der Waals surface area contributed by atoms with E-state index in [-0.39, 0.29) is 11.8 Å². The van der Waals surface area contributed by atoms with Crippen molar-refractivity contribution in [2.24, 2.45) is 0 Å². The molecule has 7 heteroatoms. The number of alkyl carbamates (subject to hydrolysis) is 1. The highest BCUT2D eigenvalue weighted by Crippen LogP contribution is 2.29. The zero-order chi connectivity index (χ0) is 30.9. The number of rotatable bonds is 12. The van der Waals surface area contributed by atoms with Crippen LogP contribution in [-0.4, -0.2) is 41.0 Å². The normalized spacial score (nSPS) is 12.8. The van der Waals surface area contributed by atoms with E-state index in [0.29, 0.717) is 12.2 Å². The third-order valence-corrected chi connectivity index (χ3v) is 7.19. The number of nitrogens with one attached hydrogen (secondary N) is 2. The maximum Gasteiger partial charge on any atom is 0.408 e. The van der Waals surface area contributed by atoms with Crippen molar-refractivity contribution >= 4 is 34.4 Å². The molecule has 0 saturated heterocycles. The summed E-state index contributed by atoms with van der Waals surface area (Å²) >= 11 is 0. The number of hydrogen-bond donors (Lipinski definition) is 2. The van der Waals surface area contributed by atoms with E-state index in [2.05, 4.69) is 17.6 Å². The summed E-state index contributed by atoms with van der Waals surface area (Å²) in [5, 5.41) is 7.86. The molecule has 0 aliphatic heterocycles. The third-order valence-electron chi connectivity index (χ3n) is 7.19. The number of anilines is 1. The molecule has 3 rings (SSSR count). The molecule has 0 spiro atoms. The minimum Gasteiger partial charge on any atom is -0.444 e. The Labute approximate surface area is 251 Å². The van der Waals surface area contributed by atoms with Gasteiger partial charge in [0, 0.05) is 12.2 Å². The van der Waals surface area contributed by atoms with Gasteiger partial charge >= 0.3 is 6.09 Å². The van der Waals surface area contributed by atoms with Crippen molar-refractivity contribution in [2.45, 2.75) is 98.3 Å². The van der Waals surface area contributed by atoms with Gasteiger partial charge in [-0.15, -0.1) is 0 Å². The van der Waals surface area contributed by atoms with Crippen LogP contribution in [0.15, 0.2) is 60.7 Å². The molecule has 3 aromatic rings. The van der Waals surface area contributed by atoms with Gasteiger partial charge in [0.15, 0.2) is 0 Å². The van der Waals surface area contributed by atoms with E-state index in [1.807, 2.05) is 74.5 Å². The van der Waals surface area contributed by atoms with Crippen LogP contribution < -0.4 is 10.6 Å². The monoisotopic (exact) mass is 573 g/mol. The second-order valence-corrected chi connectivity index (χ2v) is 12.1. The van der Waals surface area contributed by atoms with Gasteiger partial charge in [0.2, 0.25) is 5.91 Å². The summed E-state index contributed by atoms with van der Waals surface area (Å²) in [5.41, 5.74) is 2.70. The van der Waals surface area contributed by atoms with E-state index in [1.54, 1.807) is 32.6 Å². The van der Waals surface area contributed by atoms with Gasteiger partial charge in [-0.05, 0) is 82.0 Å². The molecular formula is C35H47N3O4. The molecule has 42 heavy (non-hydrogen) atoms. The molecule has 0 heterocycles. The molecule has 226 valence electrons. The van der Waals surface area contributed by atoms with Gasteiger partial charge in [-0.2, -0.15) is 0 Å². The number of nitrogens with zero attached hydrogens (tertiary/aromatic N) is 1. The highest BCUT2D eigenvalue weighted by Gasteiger charge is 2.35. The van der Waals surface area contributed by atoms with Crippen LogP contribution in [0.25, 0.3) is 10.8 Å². The van der Waals surface area contributed by atoms with E-state index < -0.39 is 23.8 Å². The van der Waals surface area contributed by atoms with Crippen molar-refractivity contribution in [1.29, 1.82) is 0 Å². The Balaban J connectivity index is 1.98. The SMILES string of the molecule is CCCCCCCN(C(=O)C(C)NC(=O)OC(C)(C)C)C(C(=O)Nc1ccc2ccccc2c1)c1ccc(C)cc1C. The zero-order valence-electron chi connectivity index (χ0n) is 26.3. The fraction of sp³-hybridized carbons (Fsp3) is 0.457. The summed E-state index contributed by atoms with van der Waals surface area (Å²) in [6.07, 6.45) is 4.30. The molecule has 3 aromatic carbocycles. The van der Waals surface area contributed by atoms with Gasteiger partial charge in [0.05, 0.1) is 0 Å².